The van der Waals surface area contributed by atoms with Crippen molar-refractivity contribution >= 4 is 12.0 Å². The van der Waals surface area contributed by atoms with E-state index in [-0.39, 0.29) is 5.91 Å². The Hall–Kier alpha value is -3.61. The van der Waals surface area contributed by atoms with E-state index < -0.39 is 0 Å². The Morgan fingerprint density at radius 3 is 2.82 bits per heavy atom. The molecule has 3 aromatic rings. The third-order valence-electron chi connectivity index (χ3n) is 3.96. The summed E-state index contributed by atoms with van der Waals surface area (Å²) in [7, 11) is 1.59. The molecule has 0 aliphatic rings. The Labute approximate surface area is 163 Å². The monoisotopic (exact) mass is 378 g/mol. The van der Waals surface area contributed by atoms with Crippen molar-refractivity contribution in [1.82, 2.24) is 19.9 Å². The maximum atomic E-state index is 12.1. The van der Waals surface area contributed by atoms with Gasteiger partial charge in [0.05, 0.1) is 13.7 Å². The van der Waals surface area contributed by atoms with E-state index in [9.17, 15) is 4.79 Å². The van der Waals surface area contributed by atoms with Crippen LogP contribution in [0, 0.1) is 0 Å². The number of amides is 1. The summed E-state index contributed by atoms with van der Waals surface area (Å²) in [5, 5.41) is 2.84. The standard InChI is InChI=1S/C21H22N4O3/c1-3-28-19-12-16(4-7-18(19)27-2)6-9-21(26)24-14-17-5-8-20(23-13-17)25-11-10-22-15-25/h4-13,15H,3,14H2,1-2H3,(H,24,26)/b9-6+. The van der Waals surface area contributed by atoms with Crippen LogP contribution in [0.2, 0.25) is 0 Å². The van der Waals surface area contributed by atoms with Gasteiger partial charge in [-0.25, -0.2) is 9.97 Å². The molecular weight excluding hydrogens is 356 g/mol. The van der Waals surface area contributed by atoms with Crippen molar-refractivity contribution in [2.24, 2.45) is 0 Å². The van der Waals surface area contributed by atoms with Crippen LogP contribution >= 0.6 is 0 Å². The van der Waals surface area contributed by atoms with Crippen molar-refractivity contribution in [1.29, 1.82) is 0 Å². The smallest absolute Gasteiger partial charge is 0.244 e. The van der Waals surface area contributed by atoms with Gasteiger partial charge in [0.1, 0.15) is 12.1 Å². The van der Waals surface area contributed by atoms with Crippen LogP contribution in [0.15, 0.2) is 61.3 Å². The lowest BCUT2D eigenvalue weighted by Gasteiger charge is -2.09. The number of hydrogen-bond donors (Lipinski definition) is 1. The van der Waals surface area contributed by atoms with Crippen molar-refractivity contribution in [2.75, 3.05) is 13.7 Å². The molecule has 28 heavy (non-hydrogen) atoms. The molecule has 0 aliphatic heterocycles. The van der Waals surface area contributed by atoms with Crippen LogP contribution < -0.4 is 14.8 Å². The highest BCUT2D eigenvalue weighted by Gasteiger charge is 2.04. The molecule has 1 amide bonds. The van der Waals surface area contributed by atoms with E-state index in [1.165, 1.54) is 6.08 Å². The maximum absolute atomic E-state index is 12.1. The summed E-state index contributed by atoms with van der Waals surface area (Å²) in [5.41, 5.74) is 1.76. The van der Waals surface area contributed by atoms with Crippen LogP contribution in [-0.4, -0.2) is 34.2 Å². The number of imidazole rings is 1. The molecule has 7 nitrogen and oxygen atoms in total. The fraction of sp³-hybridized carbons (Fsp3) is 0.190. The first-order valence-electron chi connectivity index (χ1n) is 8.89. The van der Waals surface area contributed by atoms with Crippen molar-refractivity contribution in [2.45, 2.75) is 13.5 Å². The molecule has 1 N–H and O–H groups in total. The third kappa shape index (κ3) is 4.97. The predicted octanol–water partition coefficient (Wildman–Crippen LogP) is 3.00. The number of carbonyl (C=O) groups is 1. The molecule has 0 saturated carbocycles. The molecule has 0 saturated heterocycles. The molecule has 7 heteroatoms. The minimum absolute atomic E-state index is 0.188. The molecule has 2 heterocycles. The average Bonchev–Trinajstić information content (AvgIpc) is 3.26. The fourth-order valence-electron chi connectivity index (χ4n) is 2.55. The molecule has 3 rings (SSSR count). The quantitative estimate of drug-likeness (QED) is 0.610. The number of benzene rings is 1. The van der Waals surface area contributed by atoms with Crippen molar-refractivity contribution < 1.29 is 14.3 Å². The number of nitrogens with zero attached hydrogens (tertiary/aromatic N) is 3. The van der Waals surface area contributed by atoms with Gasteiger partial charge in [0, 0.05) is 31.2 Å². The number of rotatable bonds is 8. The number of ether oxygens (including phenoxy) is 2. The molecule has 0 bridgehead atoms. The van der Waals surface area contributed by atoms with Gasteiger partial charge in [-0.05, 0) is 42.3 Å². The van der Waals surface area contributed by atoms with Gasteiger partial charge in [-0.3, -0.25) is 9.36 Å². The van der Waals surface area contributed by atoms with Gasteiger partial charge in [-0.1, -0.05) is 12.1 Å². The van der Waals surface area contributed by atoms with Gasteiger partial charge in [0.15, 0.2) is 11.5 Å². The minimum Gasteiger partial charge on any atom is -0.493 e. The third-order valence-corrected chi connectivity index (χ3v) is 3.96. The first-order valence-corrected chi connectivity index (χ1v) is 8.89. The molecule has 144 valence electrons. The zero-order chi connectivity index (χ0) is 19.8. The summed E-state index contributed by atoms with van der Waals surface area (Å²) in [6.45, 7) is 2.84. The summed E-state index contributed by atoms with van der Waals surface area (Å²) < 4.78 is 12.6. The van der Waals surface area contributed by atoms with Gasteiger partial charge < -0.3 is 14.8 Å². The van der Waals surface area contributed by atoms with Crippen molar-refractivity contribution in [3.63, 3.8) is 0 Å². The van der Waals surface area contributed by atoms with Crippen LogP contribution in [0.5, 0.6) is 11.5 Å². The molecule has 0 fully saturated rings. The maximum Gasteiger partial charge on any atom is 0.244 e. The second kappa shape index (κ2) is 9.36. The van der Waals surface area contributed by atoms with E-state index in [2.05, 4.69) is 15.3 Å². The van der Waals surface area contributed by atoms with E-state index in [1.807, 2.05) is 48.0 Å². The van der Waals surface area contributed by atoms with Crippen LogP contribution in [0.1, 0.15) is 18.1 Å². The summed E-state index contributed by atoms with van der Waals surface area (Å²) in [6, 6.07) is 9.32. The van der Waals surface area contributed by atoms with E-state index >= 15 is 0 Å². The van der Waals surface area contributed by atoms with Crippen LogP contribution in [0.3, 0.4) is 0 Å². The fourth-order valence-corrected chi connectivity index (χ4v) is 2.55. The second-order valence-corrected chi connectivity index (χ2v) is 5.89. The number of aromatic nitrogens is 3. The minimum atomic E-state index is -0.188. The van der Waals surface area contributed by atoms with Gasteiger partial charge in [-0.2, -0.15) is 0 Å². The second-order valence-electron chi connectivity index (χ2n) is 5.89. The predicted molar refractivity (Wildman–Crippen MR) is 106 cm³/mol. The Balaban J connectivity index is 1.56. The molecule has 0 atom stereocenters. The van der Waals surface area contributed by atoms with Gasteiger partial charge in [0.25, 0.3) is 0 Å². The lowest BCUT2D eigenvalue weighted by molar-refractivity contribution is -0.116. The largest absolute Gasteiger partial charge is 0.493 e. The highest BCUT2D eigenvalue weighted by molar-refractivity contribution is 5.91. The number of methoxy groups -OCH3 is 1. The van der Waals surface area contributed by atoms with E-state index in [1.54, 1.807) is 31.9 Å². The Morgan fingerprint density at radius 1 is 1.25 bits per heavy atom. The van der Waals surface area contributed by atoms with Gasteiger partial charge >= 0.3 is 0 Å². The molecule has 0 aliphatic carbocycles. The van der Waals surface area contributed by atoms with Gasteiger partial charge in [0.2, 0.25) is 5.91 Å². The first kappa shape index (κ1) is 19.2. The topological polar surface area (TPSA) is 78.3 Å². The van der Waals surface area contributed by atoms with Crippen LogP contribution in [0.25, 0.3) is 11.9 Å². The molecule has 0 radical (unpaired) electrons. The van der Waals surface area contributed by atoms with E-state index in [0.29, 0.717) is 24.7 Å². The summed E-state index contributed by atoms with van der Waals surface area (Å²) in [6.07, 6.45) is 10.2. The van der Waals surface area contributed by atoms with Gasteiger partial charge in [-0.15, -0.1) is 0 Å². The summed E-state index contributed by atoms with van der Waals surface area (Å²) in [4.78, 5) is 20.4. The highest BCUT2D eigenvalue weighted by Crippen LogP contribution is 2.28. The average molecular weight is 378 g/mol. The SMILES string of the molecule is CCOc1cc(/C=C/C(=O)NCc2ccc(-n3ccnc3)nc2)ccc1OC. The van der Waals surface area contributed by atoms with Crippen molar-refractivity contribution in [3.05, 3.63) is 72.5 Å². The zero-order valence-electron chi connectivity index (χ0n) is 15.8. The Kier molecular flexibility index (Phi) is 6.41. The Bertz CT molecular complexity index is 935. The highest BCUT2D eigenvalue weighted by atomic mass is 16.5. The number of carbonyl (C=O) groups excluding carboxylic acids is 1. The molecule has 0 spiro atoms. The number of nitrogens with one attached hydrogen (secondary N) is 1. The summed E-state index contributed by atoms with van der Waals surface area (Å²) in [5.74, 6) is 1.90. The number of pyridine rings is 1. The lowest BCUT2D eigenvalue weighted by Crippen LogP contribution is -2.20. The first-order chi connectivity index (χ1) is 13.7. The molecular formula is C21H22N4O3. The molecule has 0 unspecified atom stereocenters. The summed E-state index contributed by atoms with van der Waals surface area (Å²) >= 11 is 0. The number of hydrogen-bond acceptors (Lipinski definition) is 5. The van der Waals surface area contributed by atoms with Crippen LogP contribution in [-0.2, 0) is 11.3 Å². The lowest BCUT2D eigenvalue weighted by atomic mass is 10.2. The zero-order valence-corrected chi connectivity index (χ0v) is 15.8. The molecule has 2 aromatic heterocycles. The normalized spacial score (nSPS) is 10.8. The molecule has 1 aromatic carbocycles. The van der Waals surface area contributed by atoms with Crippen molar-refractivity contribution in [3.8, 4) is 17.3 Å². The van der Waals surface area contributed by atoms with Crippen LogP contribution in [0.4, 0.5) is 0 Å². The van der Waals surface area contributed by atoms with E-state index in [4.69, 9.17) is 9.47 Å². The Morgan fingerprint density at radius 2 is 2.14 bits per heavy atom. The van der Waals surface area contributed by atoms with E-state index in [0.717, 1.165) is 16.9 Å².